The lowest BCUT2D eigenvalue weighted by Crippen LogP contribution is -2.49. The first-order chi connectivity index (χ1) is 9.77. The SMILES string of the molecule is COCCN(C)CC(C)(CNC(C)(C)C)c1ccccc1. The summed E-state index contributed by atoms with van der Waals surface area (Å²) in [5.41, 5.74) is 1.59. The molecule has 1 aromatic rings. The number of likely N-dealkylation sites (N-methyl/N-ethyl adjacent to an activating group) is 1. The van der Waals surface area contributed by atoms with E-state index in [1.807, 2.05) is 0 Å². The highest BCUT2D eigenvalue weighted by molar-refractivity contribution is 5.25. The van der Waals surface area contributed by atoms with E-state index in [0.29, 0.717) is 0 Å². The molecule has 0 aliphatic heterocycles. The molecule has 1 unspecified atom stereocenters. The molecule has 3 heteroatoms. The summed E-state index contributed by atoms with van der Waals surface area (Å²) in [7, 11) is 3.92. The molecule has 0 aliphatic carbocycles. The number of nitrogens with zero attached hydrogens (tertiary/aromatic N) is 1. The third-order valence-corrected chi connectivity index (χ3v) is 3.78. The highest BCUT2D eigenvalue weighted by atomic mass is 16.5. The lowest BCUT2D eigenvalue weighted by atomic mass is 9.81. The van der Waals surface area contributed by atoms with Crippen molar-refractivity contribution in [3.8, 4) is 0 Å². The summed E-state index contributed by atoms with van der Waals surface area (Å²) in [5.74, 6) is 0. The minimum absolute atomic E-state index is 0.0804. The largest absolute Gasteiger partial charge is 0.383 e. The average molecular weight is 292 g/mol. The monoisotopic (exact) mass is 292 g/mol. The Hall–Kier alpha value is -0.900. The van der Waals surface area contributed by atoms with E-state index in [1.165, 1.54) is 5.56 Å². The van der Waals surface area contributed by atoms with Crippen molar-refractivity contribution in [2.45, 2.75) is 38.6 Å². The van der Waals surface area contributed by atoms with Gasteiger partial charge in [-0.15, -0.1) is 0 Å². The second kappa shape index (κ2) is 7.92. The molecule has 3 nitrogen and oxygen atoms in total. The topological polar surface area (TPSA) is 24.5 Å². The van der Waals surface area contributed by atoms with Gasteiger partial charge in [0.05, 0.1) is 6.61 Å². The van der Waals surface area contributed by atoms with E-state index < -0.39 is 0 Å². The van der Waals surface area contributed by atoms with E-state index in [-0.39, 0.29) is 11.0 Å². The van der Waals surface area contributed by atoms with Crippen LogP contribution >= 0.6 is 0 Å². The fourth-order valence-electron chi connectivity index (χ4n) is 2.47. The van der Waals surface area contributed by atoms with Crippen molar-refractivity contribution in [3.05, 3.63) is 35.9 Å². The molecule has 0 saturated carbocycles. The average Bonchev–Trinajstić information content (AvgIpc) is 2.43. The van der Waals surface area contributed by atoms with Crippen LogP contribution in [0.25, 0.3) is 0 Å². The van der Waals surface area contributed by atoms with E-state index in [0.717, 1.165) is 26.2 Å². The van der Waals surface area contributed by atoms with E-state index in [1.54, 1.807) is 7.11 Å². The molecule has 0 heterocycles. The van der Waals surface area contributed by atoms with E-state index in [2.05, 4.69) is 75.3 Å². The molecule has 1 N–H and O–H groups in total. The molecular weight excluding hydrogens is 260 g/mol. The minimum Gasteiger partial charge on any atom is -0.383 e. The second-order valence-corrected chi connectivity index (χ2v) is 7.26. The van der Waals surface area contributed by atoms with Gasteiger partial charge in [0.1, 0.15) is 0 Å². The molecule has 0 saturated heterocycles. The fraction of sp³-hybridized carbons (Fsp3) is 0.667. The van der Waals surface area contributed by atoms with Crippen LogP contribution in [0.5, 0.6) is 0 Å². The standard InChI is InChI=1S/C18H32N2O/c1-17(2,3)19-14-18(4,15-20(5)12-13-21-6)16-10-8-7-9-11-16/h7-11,19H,12-15H2,1-6H3. The zero-order chi connectivity index (χ0) is 15.9. The van der Waals surface area contributed by atoms with Crippen LogP contribution in [0.4, 0.5) is 0 Å². The Kier molecular flexibility index (Phi) is 6.85. The highest BCUT2D eigenvalue weighted by Gasteiger charge is 2.29. The molecule has 1 rings (SSSR count). The molecule has 0 aliphatic rings. The van der Waals surface area contributed by atoms with Crippen LogP contribution in [0.3, 0.4) is 0 Å². The summed E-state index contributed by atoms with van der Waals surface area (Å²) in [4.78, 5) is 2.35. The van der Waals surface area contributed by atoms with Crippen molar-refractivity contribution < 1.29 is 4.74 Å². The van der Waals surface area contributed by atoms with Gasteiger partial charge >= 0.3 is 0 Å². The molecule has 21 heavy (non-hydrogen) atoms. The van der Waals surface area contributed by atoms with Gasteiger partial charge in [-0.2, -0.15) is 0 Å². The fourth-order valence-corrected chi connectivity index (χ4v) is 2.47. The Bertz CT molecular complexity index is 399. The summed E-state index contributed by atoms with van der Waals surface area (Å²) < 4.78 is 5.19. The Labute approximate surface area is 130 Å². The molecular formula is C18H32N2O. The van der Waals surface area contributed by atoms with Crippen molar-refractivity contribution >= 4 is 0 Å². The van der Waals surface area contributed by atoms with Gasteiger partial charge in [0.25, 0.3) is 0 Å². The van der Waals surface area contributed by atoms with Gasteiger partial charge in [0.2, 0.25) is 0 Å². The molecule has 0 bridgehead atoms. The maximum absolute atomic E-state index is 5.19. The second-order valence-electron chi connectivity index (χ2n) is 7.26. The summed E-state index contributed by atoms with van der Waals surface area (Å²) in [6.07, 6.45) is 0. The van der Waals surface area contributed by atoms with Crippen LogP contribution in [0.2, 0.25) is 0 Å². The molecule has 0 radical (unpaired) electrons. The first-order valence-electron chi connectivity index (χ1n) is 7.75. The van der Waals surface area contributed by atoms with E-state index >= 15 is 0 Å². The van der Waals surface area contributed by atoms with E-state index in [9.17, 15) is 0 Å². The van der Waals surface area contributed by atoms with Gasteiger partial charge in [0.15, 0.2) is 0 Å². The van der Waals surface area contributed by atoms with Gasteiger partial charge in [0, 0.05) is 37.7 Å². The maximum Gasteiger partial charge on any atom is 0.0589 e. The van der Waals surface area contributed by atoms with Crippen LogP contribution in [0, 0.1) is 0 Å². The molecule has 1 aromatic carbocycles. The van der Waals surface area contributed by atoms with Crippen molar-refractivity contribution in [1.82, 2.24) is 10.2 Å². The summed E-state index contributed by atoms with van der Waals surface area (Å²) in [6, 6.07) is 10.8. The van der Waals surface area contributed by atoms with Crippen molar-refractivity contribution in [2.75, 3.05) is 40.4 Å². The number of benzene rings is 1. The minimum atomic E-state index is 0.0804. The summed E-state index contributed by atoms with van der Waals surface area (Å²) in [5, 5.41) is 3.66. The van der Waals surface area contributed by atoms with Crippen LogP contribution in [0.1, 0.15) is 33.3 Å². The number of methoxy groups -OCH3 is 1. The lowest BCUT2D eigenvalue weighted by molar-refractivity contribution is 0.146. The van der Waals surface area contributed by atoms with Crippen molar-refractivity contribution in [3.63, 3.8) is 0 Å². The number of hydrogen-bond acceptors (Lipinski definition) is 3. The van der Waals surface area contributed by atoms with Crippen LogP contribution < -0.4 is 5.32 Å². The lowest BCUT2D eigenvalue weighted by Gasteiger charge is -2.37. The third-order valence-electron chi connectivity index (χ3n) is 3.78. The zero-order valence-electron chi connectivity index (χ0n) is 14.6. The molecule has 0 fully saturated rings. The van der Waals surface area contributed by atoms with Gasteiger partial charge in [-0.25, -0.2) is 0 Å². The normalized spacial score (nSPS) is 15.2. The quantitative estimate of drug-likeness (QED) is 0.797. The Balaban J connectivity index is 2.83. The Morgan fingerprint density at radius 1 is 1.10 bits per heavy atom. The predicted octanol–water partition coefficient (Wildman–Crippen LogP) is 2.91. The maximum atomic E-state index is 5.19. The molecule has 1 atom stereocenters. The molecule has 0 spiro atoms. The summed E-state index contributed by atoms with van der Waals surface area (Å²) >= 11 is 0. The Morgan fingerprint density at radius 2 is 1.71 bits per heavy atom. The van der Waals surface area contributed by atoms with Crippen molar-refractivity contribution in [1.29, 1.82) is 0 Å². The third kappa shape index (κ3) is 6.60. The van der Waals surface area contributed by atoms with Crippen molar-refractivity contribution in [2.24, 2.45) is 0 Å². The van der Waals surface area contributed by atoms with E-state index in [4.69, 9.17) is 4.74 Å². The van der Waals surface area contributed by atoms with Gasteiger partial charge < -0.3 is 15.0 Å². The Morgan fingerprint density at radius 3 is 2.24 bits per heavy atom. The first kappa shape index (κ1) is 18.1. The van der Waals surface area contributed by atoms with Crippen LogP contribution in [-0.2, 0) is 10.2 Å². The van der Waals surface area contributed by atoms with Crippen LogP contribution in [0.15, 0.2) is 30.3 Å². The van der Waals surface area contributed by atoms with Gasteiger partial charge in [-0.1, -0.05) is 37.3 Å². The van der Waals surface area contributed by atoms with Gasteiger partial charge in [-0.05, 0) is 33.4 Å². The zero-order valence-corrected chi connectivity index (χ0v) is 14.6. The molecule has 0 amide bonds. The molecule has 0 aromatic heterocycles. The van der Waals surface area contributed by atoms with Gasteiger partial charge in [-0.3, -0.25) is 0 Å². The predicted molar refractivity (Wildman–Crippen MR) is 90.9 cm³/mol. The molecule has 120 valence electrons. The highest BCUT2D eigenvalue weighted by Crippen LogP contribution is 2.25. The number of nitrogens with one attached hydrogen (secondary N) is 1. The first-order valence-corrected chi connectivity index (χ1v) is 7.75. The summed E-state index contributed by atoms with van der Waals surface area (Å²) in [6.45, 7) is 12.7. The van der Waals surface area contributed by atoms with Crippen LogP contribution in [-0.4, -0.2) is 50.8 Å². The number of hydrogen-bond donors (Lipinski definition) is 1. The number of rotatable bonds is 8. The smallest absolute Gasteiger partial charge is 0.0589 e. The number of ether oxygens (including phenoxy) is 1.